The lowest BCUT2D eigenvalue weighted by Crippen LogP contribution is -2.44. The number of halogens is 3. The van der Waals surface area contributed by atoms with E-state index in [0.717, 1.165) is 44.3 Å². The van der Waals surface area contributed by atoms with Gasteiger partial charge in [-0.3, -0.25) is 0 Å². The number of likely N-dealkylation sites (N-methyl/N-ethyl adjacent to an activating group) is 1. The van der Waals surface area contributed by atoms with Crippen molar-refractivity contribution < 1.29 is 8.78 Å². The van der Waals surface area contributed by atoms with Crippen LogP contribution >= 0.6 is 11.6 Å². The number of pyridine rings is 1. The molecule has 0 aromatic carbocycles. The van der Waals surface area contributed by atoms with Crippen molar-refractivity contribution in [1.82, 2.24) is 29.6 Å². The molecule has 0 atom stereocenters. The number of hydrogen-bond donors (Lipinski definition) is 0. The maximum atomic E-state index is 13.8. The average molecular weight is 408 g/mol. The van der Waals surface area contributed by atoms with Gasteiger partial charge in [-0.25, -0.2) is 19.6 Å². The average Bonchev–Trinajstić information content (AvgIpc) is 3.00. The van der Waals surface area contributed by atoms with Crippen LogP contribution in [0.15, 0.2) is 18.3 Å². The maximum Gasteiger partial charge on any atom is 0.303 e. The minimum Gasteiger partial charge on any atom is -0.352 e. The lowest BCUT2D eigenvalue weighted by atomic mass is 10.2. The van der Waals surface area contributed by atoms with E-state index in [1.807, 2.05) is 0 Å². The topological polar surface area (TPSA) is 63.0 Å². The van der Waals surface area contributed by atoms with Crippen LogP contribution in [0.3, 0.4) is 0 Å². The quantitative estimate of drug-likeness (QED) is 0.622. The van der Waals surface area contributed by atoms with Crippen LogP contribution in [0.25, 0.3) is 16.7 Å². The summed E-state index contributed by atoms with van der Waals surface area (Å²) in [6, 6.07) is 3.30. The molecule has 28 heavy (non-hydrogen) atoms. The number of piperazine rings is 1. The highest BCUT2D eigenvalue weighted by Crippen LogP contribution is 2.31. The van der Waals surface area contributed by atoms with Gasteiger partial charge in [0.15, 0.2) is 11.6 Å². The molecule has 7 nitrogen and oxygen atoms in total. The van der Waals surface area contributed by atoms with Crippen LogP contribution in [0.5, 0.6) is 0 Å². The van der Waals surface area contributed by atoms with Crippen LogP contribution < -0.4 is 4.90 Å². The van der Waals surface area contributed by atoms with E-state index < -0.39 is 11.7 Å². The summed E-state index contributed by atoms with van der Waals surface area (Å²) >= 11 is 6.10. The van der Waals surface area contributed by atoms with Crippen LogP contribution in [0, 0.1) is 6.92 Å². The summed E-state index contributed by atoms with van der Waals surface area (Å²) < 4.78 is 29.2. The molecule has 3 aromatic heterocycles. The fourth-order valence-corrected chi connectivity index (χ4v) is 3.41. The van der Waals surface area contributed by atoms with Crippen LogP contribution in [0.4, 0.5) is 14.6 Å². The van der Waals surface area contributed by atoms with Gasteiger partial charge in [0.25, 0.3) is 0 Å². The Morgan fingerprint density at radius 2 is 1.82 bits per heavy atom. The molecule has 0 bridgehead atoms. The fraction of sp³-hybridized carbons (Fsp3) is 0.444. The number of aryl methyl sites for hydroxylation is 1. The number of hydrogen-bond acceptors (Lipinski definition) is 6. The highest BCUT2D eigenvalue weighted by atomic mass is 35.5. The lowest BCUT2D eigenvalue weighted by Gasteiger charge is -2.32. The molecule has 0 aliphatic carbocycles. The van der Waals surface area contributed by atoms with Crippen molar-refractivity contribution in [3.05, 3.63) is 35.0 Å². The maximum absolute atomic E-state index is 13.8. The van der Waals surface area contributed by atoms with Gasteiger partial charge in [-0.05, 0) is 14.0 Å². The zero-order valence-corrected chi connectivity index (χ0v) is 16.6. The van der Waals surface area contributed by atoms with E-state index in [0.29, 0.717) is 16.4 Å². The van der Waals surface area contributed by atoms with Crippen molar-refractivity contribution >= 4 is 28.3 Å². The molecule has 10 heteroatoms. The van der Waals surface area contributed by atoms with Crippen LogP contribution in [0.1, 0.15) is 18.4 Å². The van der Waals surface area contributed by atoms with Gasteiger partial charge in [-0.15, -0.1) is 5.10 Å². The first-order valence-corrected chi connectivity index (χ1v) is 9.32. The largest absolute Gasteiger partial charge is 0.352 e. The molecule has 0 spiro atoms. The van der Waals surface area contributed by atoms with Crippen LogP contribution in [0.2, 0.25) is 5.15 Å². The molecule has 0 saturated carbocycles. The molecular formula is C18H20ClF2N7. The van der Waals surface area contributed by atoms with Gasteiger partial charge in [0.05, 0.1) is 10.9 Å². The summed E-state index contributed by atoms with van der Waals surface area (Å²) in [7, 11) is 2.07. The summed E-state index contributed by atoms with van der Waals surface area (Å²) in [5.41, 5.74) is 1.10. The SMILES string of the molecule is Cc1cc(-n2nc(N3CCN(C)CC3)c3cnc(Cl)cc32)nc(C(C)(F)F)n1. The Hall–Kier alpha value is -2.39. The van der Waals surface area contributed by atoms with Gasteiger partial charge < -0.3 is 9.80 Å². The van der Waals surface area contributed by atoms with E-state index in [4.69, 9.17) is 16.7 Å². The van der Waals surface area contributed by atoms with E-state index >= 15 is 0 Å². The van der Waals surface area contributed by atoms with Crippen LogP contribution in [-0.2, 0) is 5.92 Å². The molecule has 0 amide bonds. The smallest absolute Gasteiger partial charge is 0.303 e. The Kier molecular flexibility index (Phi) is 4.67. The Morgan fingerprint density at radius 1 is 1.11 bits per heavy atom. The molecule has 1 saturated heterocycles. The molecule has 4 heterocycles. The number of rotatable bonds is 3. The van der Waals surface area contributed by atoms with Gasteiger partial charge >= 0.3 is 5.92 Å². The van der Waals surface area contributed by atoms with Gasteiger partial charge in [-0.1, -0.05) is 11.6 Å². The molecule has 148 valence electrons. The minimum absolute atomic E-state index is 0.275. The van der Waals surface area contributed by atoms with Crippen molar-refractivity contribution in [2.75, 3.05) is 38.1 Å². The van der Waals surface area contributed by atoms with E-state index in [1.54, 1.807) is 29.9 Å². The number of alkyl halides is 2. The van der Waals surface area contributed by atoms with Crippen LogP contribution in [-0.4, -0.2) is 62.9 Å². The van der Waals surface area contributed by atoms with Gasteiger partial charge in [-0.2, -0.15) is 8.78 Å². The summed E-state index contributed by atoms with van der Waals surface area (Å²) in [4.78, 5) is 16.5. The molecule has 1 aliphatic heterocycles. The third-order valence-corrected chi connectivity index (χ3v) is 4.97. The standard InChI is InChI=1S/C18H20ClF2N7/c1-11-8-15(24-17(23-11)18(2,20)21)28-13-9-14(19)22-10-12(13)16(25-28)27-6-4-26(3)5-7-27/h8-10H,4-7H2,1-3H3. The number of fused-ring (bicyclic) bond motifs is 1. The van der Waals surface area contributed by atoms with E-state index in [2.05, 4.69) is 31.8 Å². The van der Waals surface area contributed by atoms with Crippen molar-refractivity contribution in [3.8, 4) is 5.82 Å². The number of anilines is 1. The molecule has 1 aliphatic rings. The Labute approximate surface area is 166 Å². The highest BCUT2D eigenvalue weighted by molar-refractivity contribution is 6.30. The van der Waals surface area contributed by atoms with Crippen molar-refractivity contribution in [3.63, 3.8) is 0 Å². The second kappa shape index (κ2) is 6.89. The predicted molar refractivity (Wildman–Crippen MR) is 103 cm³/mol. The predicted octanol–water partition coefficient (Wildman–Crippen LogP) is 3.04. The summed E-state index contributed by atoms with van der Waals surface area (Å²) in [5, 5.41) is 5.80. The summed E-state index contributed by atoms with van der Waals surface area (Å²) in [5.74, 6) is -2.67. The molecule has 1 fully saturated rings. The van der Waals surface area contributed by atoms with Crippen molar-refractivity contribution in [1.29, 1.82) is 0 Å². The second-order valence-corrected chi connectivity index (χ2v) is 7.52. The van der Waals surface area contributed by atoms with E-state index in [9.17, 15) is 8.78 Å². The summed E-state index contributed by atoms with van der Waals surface area (Å²) in [6.07, 6.45) is 1.66. The first-order chi connectivity index (χ1) is 13.2. The zero-order valence-electron chi connectivity index (χ0n) is 15.8. The molecule has 0 unspecified atom stereocenters. The molecule has 0 N–H and O–H groups in total. The molecule has 4 rings (SSSR count). The number of aromatic nitrogens is 5. The Bertz CT molecular complexity index is 1020. The second-order valence-electron chi connectivity index (χ2n) is 7.13. The van der Waals surface area contributed by atoms with Gasteiger partial charge in [0.2, 0.25) is 5.82 Å². The molecule has 3 aromatic rings. The third-order valence-electron chi connectivity index (χ3n) is 4.77. The highest BCUT2D eigenvalue weighted by Gasteiger charge is 2.30. The van der Waals surface area contributed by atoms with Gasteiger partial charge in [0.1, 0.15) is 5.15 Å². The van der Waals surface area contributed by atoms with E-state index in [1.165, 1.54) is 0 Å². The molecule has 0 radical (unpaired) electrons. The minimum atomic E-state index is -3.15. The Balaban J connectivity index is 1.88. The van der Waals surface area contributed by atoms with Crippen molar-refractivity contribution in [2.24, 2.45) is 0 Å². The first-order valence-electron chi connectivity index (χ1n) is 8.94. The van der Waals surface area contributed by atoms with E-state index in [-0.39, 0.29) is 5.82 Å². The third kappa shape index (κ3) is 3.51. The first kappa shape index (κ1) is 18.9. The zero-order chi connectivity index (χ0) is 20.1. The molecular weight excluding hydrogens is 388 g/mol. The monoisotopic (exact) mass is 407 g/mol. The normalized spacial score (nSPS) is 16.1. The lowest BCUT2D eigenvalue weighted by molar-refractivity contribution is 0.00747. The van der Waals surface area contributed by atoms with Gasteiger partial charge in [0, 0.05) is 57.1 Å². The Morgan fingerprint density at radius 3 is 2.50 bits per heavy atom. The summed E-state index contributed by atoms with van der Waals surface area (Å²) in [6.45, 7) is 5.88. The number of nitrogens with zero attached hydrogens (tertiary/aromatic N) is 7. The fourth-order valence-electron chi connectivity index (χ4n) is 3.25. The van der Waals surface area contributed by atoms with Crippen molar-refractivity contribution in [2.45, 2.75) is 19.8 Å².